The number of carbonyl (C=O) groups excluding carboxylic acids is 4. The molecule has 2 fully saturated rings. The highest BCUT2D eigenvalue weighted by Crippen LogP contribution is 2.40. The first-order valence-electron chi connectivity index (χ1n) is 14.5. The number of hydrogen-bond donors (Lipinski definition) is 2. The van der Waals surface area contributed by atoms with Gasteiger partial charge in [-0.05, 0) is 31.5 Å². The van der Waals surface area contributed by atoms with Crippen molar-refractivity contribution in [2.45, 2.75) is 38.8 Å². The van der Waals surface area contributed by atoms with E-state index < -0.39 is 33.5 Å². The molecule has 2 saturated heterocycles. The summed E-state index contributed by atoms with van der Waals surface area (Å²) in [5.74, 6) is -1.17. The first-order chi connectivity index (χ1) is 22.8. The Balaban J connectivity index is 0.00000167. The number of nitrogens with one attached hydrogen (secondary N) is 1. The lowest BCUT2D eigenvalue weighted by molar-refractivity contribution is -0.704. The second-order valence-corrected chi connectivity index (χ2v) is 13.2. The quantitative estimate of drug-likeness (QED) is 0.0404. The van der Waals surface area contributed by atoms with Crippen LogP contribution in [0.25, 0.3) is 0 Å². The summed E-state index contributed by atoms with van der Waals surface area (Å²) in [6.07, 6.45) is 6.39. The molecule has 1 atom stereocenters. The van der Waals surface area contributed by atoms with Crippen LogP contribution >= 0.6 is 11.3 Å². The number of ether oxygens (including phenoxy) is 1. The van der Waals surface area contributed by atoms with Gasteiger partial charge in [-0.3, -0.25) is 14.6 Å². The van der Waals surface area contributed by atoms with E-state index in [9.17, 15) is 22.6 Å². The second kappa shape index (κ2) is 16.0. The maximum Gasteiger partial charge on any atom is 0.373 e. The number of hydrogen-bond acceptors (Lipinski definition) is 16. The predicted octanol–water partition coefficient (Wildman–Crippen LogP) is 0.0222. The summed E-state index contributed by atoms with van der Waals surface area (Å²) in [6, 6.07) is 7.91. The van der Waals surface area contributed by atoms with Crippen LogP contribution in [0.4, 0.5) is 5.13 Å². The Morgan fingerprint density at radius 2 is 1.94 bits per heavy atom. The first kappa shape index (κ1) is 36.2. The fourth-order valence-electron chi connectivity index (χ4n) is 4.90. The molecule has 5 heterocycles. The number of oxime groups is 1. The average molecular weight is 704 g/mol. The molecule has 0 spiro atoms. The smallest absolute Gasteiger partial charge is 0.373 e. The molecule has 5 rings (SSSR count). The minimum absolute atomic E-state index is 0.0179. The minimum atomic E-state index is -5.17. The van der Waals surface area contributed by atoms with Crippen molar-refractivity contribution in [3.8, 4) is 5.75 Å². The maximum atomic E-state index is 13.2. The van der Waals surface area contributed by atoms with Crippen LogP contribution in [0.15, 0.2) is 53.4 Å². The van der Waals surface area contributed by atoms with Crippen LogP contribution in [-0.2, 0) is 51.7 Å². The molecule has 2 aliphatic heterocycles. The summed E-state index contributed by atoms with van der Waals surface area (Å²) < 4.78 is 45.0. The van der Waals surface area contributed by atoms with Crippen molar-refractivity contribution in [1.82, 2.24) is 20.3 Å². The minimum Gasteiger partial charge on any atom is -0.724 e. The lowest BCUT2D eigenvalue weighted by atomic mass is 9.74. The summed E-state index contributed by atoms with van der Waals surface area (Å²) in [6.45, 7) is 6.17. The molecule has 2 aliphatic rings. The van der Waals surface area contributed by atoms with E-state index in [0.29, 0.717) is 23.2 Å². The topological polar surface area (TPSA) is 236 Å². The van der Waals surface area contributed by atoms with Crippen LogP contribution in [0.1, 0.15) is 37.2 Å². The Kier molecular flexibility index (Phi) is 12.0. The number of aromatic nitrogens is 3. The van der Waals surface area contributed by atoms with Gasteiger partial charge in [0.2, 0.25) is 10.4 Å². The third-order valence-corrected chi connectivity index (χ3v) is 8.54. The van der Waals surface area contributed by atoms with Crippen LogP contribution in [0.5, 0.6) is 5.75 Å². The van der Waals surface area contributed by atoms with Crippen molar-refractivity contribution in [1.29, 1.82) is 0 Å². The van der Waals surface area contributed by atoms with Gasteiger partial charge in [0, 0.05) is 55.1 Å². The van der Waals surface area contributed by atoms with Crippen molar-refractivity contribution >= 4 is 50.4 Å². The van der Waals surface area contributed by atoms with E-state index in [1.807, 2.05) is 12.1 Å². The largest absolute Gasteiger partial charge is 0.724 e. The Hall–Kier alpha value is -4.65. The molecule has 17 nitrogen and oxygen atoms in total. The lowest BCUT2D eigenvalue weighted by Crippen LogP contribution is -2.68. The number of Topliss-reactive ketones (excluding diaryl/α,β-unsaturated/α-hetero) is 1. The summed E-state index contributed by atoms with van der Waals surface area (Å²) in [7, 11) is -5.17. The number of β-lactam (4-membered cyclic amide) rings is 1. The fraction of sp³-hybridized carbons (Fsp3) is 0.414. The Bertz CT molecular complexity index is 1750. The van der Waals surface area contributed by atoms with Crippen molar-refractivity contribution in [2.75, 3.05) is 32.0 Å². The molecule has 256 valence electrons. The molecule has 3 aromatic rings. The predicted molar refractivity (Wildman–Crippen MR) is 164 cm³/mol. The number of ketones is 1. The zero-order chi connectivity index (χ0) is 34.9. The average Bonchev–Trinajstić information content (AvgIpc) is 3.45. The third-order valence-electron chi connectivity index (χ3n) is 7.54. The molecule has 3 aromatic heterocycles. The third kappa shape index (κ3) is 9.69. The highest BCUT2D eigenvalue weighted by molar-refractivity contribution is 7.80. The summed E-state index contributed by atoms with van der Waals surface area (Å²) >= 11 is 1.09. The van der Waals surface area contributed by atoms with Gasteiger partial charge in [0.05, 0.1) is 17.7 Å². The van der Waals surface area contributed by atoms with Gasteiger partial charge >= 0.3 is 6.15 Å². The van der Waals surface area contributed by atoms with Crippen LogP contribution in [-0.4, -0.2) is 83.4 Å². The molecule has 3 N–H and O–H groups in total. The molecule has 48 heavy (non-hydrogen) atoms. The van der Waals surface area contributed by atoms with Gasteiger partial charge in [-0.2, -0.15) is 18.9 Å². The SMILES string of the molecule is CC1(C)[C@H](CC(=O)/C(=N\OCCOc2ccc(Cc3cc[n+](CC4CNC4)cc3)nc2)c2csc(N)n2)C(=O)N1OS(=O)(=O)[O-].O=C=O. The van der Waals surface area contributed by atoms with Crippen LogP contribution in [0.2, 0.25) is 0 Å². The fourth-order valence-corrected chi connectivity index (χ4v) is 5.90. The van der Waals surface area contributed by atoms with Crippen LogP contribution in [0.3, 0.4) is 0 Å². The Labute approximate surface area is 279 Å². The van der Waals surface area contributed by atoms with E-state index in [0.717, 1.165) is 42.2 Å². The number of amides is 1. The molecule has 0 aromatic carbocycles. The van der Waals surface area contributed by atoms with E-state index in [2.05, 4.69) is 53.8 Å². The molecule has 0 saturated carbocycles. The Morgan fingerprint density at radius 1 is 1.23 bits per heavy atom. The van der Waals surface area contributed by atoms with Gasteiger partial charge in [0.25, 0.3) is 5.91 Å². The number of nitrogen functional groups attached to an aromatic ring is 1. The van der Waals surface area contributed by atoms with Crippen LogP contribution in [0, 0.1) is 11.8 Å². The maximum absolute atomic E-state index is 13.2. The van der Waals surface area contributed by atoms with E-state index in [-0.39, 0.29) is 42.3 Å². The van der Waals surface area contributed by atoms with Crippen molar-refractivity contribution in [2.24, 2.45) is 17.0 Å². The number of hydroxylamine groups is 2. The molecule has 0 aliphatic carbocycles. The number of anilines is 1. The zero-order valence-corrected chi connectivity index (χ0v) is 27.6. The van der Waals surface area contributed by atoms with E-state index >= 15 is 0 Å². The number of pyridine rings is 2. The number of carbonyl (C=O) groups is 2. The van der Waals surface area contributed by atoms with Gasteiger partial charge in [0.1, 0.15) is 18.1 Å². The molecule has 0 radical (unpaired) electrons. The van der Waals surface area contributed by atoms with E-state index in [1.165, 1.54) is 19.2 Å². The van der Waals surface area contributed by atoms with E-state index in [4.69, 9.17) is 24.9 Å². The van der Waals surface area contributed by atoms with Gasteiger partial charge in [-0.15, -0.1) is 11.3 Å². The first-order valence-corrected chi connectivity index (χ1v) is 16.7. The zero-order valence-electron chi connectivity index (χ0n) is 25.9. The lowest BCUT2D eigenvalue weighted by Gasteiger charge is -2.51. The molecule has 19 heteroatoms. The highest BCUT2D eigenvalue weighted by atomic mass is 32.3. The van der Waals surface area contributed by atoms with Gasteiger partial charge < -0.3 is 25.2 Å². The number of nitrogens with two attached hydrogens (primary N) is 1. The molecular weight excluding hydrogens is 670 g/mol. The van der Waals surface area contributed by atoms with Crippen molar-refractivity contribution in [3.05, 3.63) is 65.2 Å². The monoisotopic (exact) mass is 703 g/mol. The van der Waals surface area contributed by atoms with Gasteiger partial charge in [-0.1, -0.05) is 5.16 Å². The normalized spacial score (nSPS) is 17.3. The second-order valence-electron chi connectivity index (χ2n) is 11.3. The number of rotatable bonds is 15. The van der Waals surface area contributed by atoms with Crippen molar-refractivity contribution in [3.63, 3.8) is 0 Å². The molecule has 0 unspecified atom stereocenters. The number of thiazole rings is 1. The number of nitrogens with zero attached hydrogens (tertiary/aromatic N) is 5. The van der Waals surface area contributed by atoms with Gasteiger partial charge in [-0.25, -0.2) is 18.0 Å². The molecule has 1 amide bonds. The van der Waals surface area contributed by atoms with Gasteiger partial charge in [0.15, 0.2) is 42.2 Å². The van der Waals surface area contributed by atoms with Crippen molar-refractivity contribution < 1.29 is 50.6 Å². The molecular formula is C29H33N7O10S2. The molecule has 0 bridgehead atoms. The Morgan fingerprint density at radius 3 is 2.48 bits per heavy atom. The summed E-state index contributed by atoms with van der Waals surface area (Å²) in [5.41, 5.74) is 6.53. The summed E-state index contributed by atoms with van der Waals surface area (Å²) in [5, 5.41) is 9.40. The summed E-state index contributed by atoms with van der Waals surface area (Å²) in [4.78, 5) is 55.8. The van der Waals surface area contributed by atoms with E-state index in [1.54, 1.807) is 6.20 Å². The highest BCUT2D eigenvalue weighted by Gasteiger charge is 2.57. The standard InChI is InChI=1S/C28H33N7O8S2.CO2/c1-28(2)22(26(37)35(28)43-45(38,39)40)12-24(36)25(23-17-44-27(29)32-23)33-42-10-9-41-21-4-3-20(31-15-21)11-18-5-7-34(8-6-18)16-19-13-30-14-19;2-1-3/h3-8,15,17,19,22,30H,9-14,16H2,1-2H3,(H2-,29,32,38,39,40);/b33-25-;/t22-;/m1./s1. The van der Waals surface area contributed by atoms with Crippen LogP contribution < -0.4 is 20.4 Å².